The summed E-state index contributed by atoms with van der Waals surface area (Å²) in [5.74, 6) is -0.103. The third-order valence-electron chi connectivity index (χ3n) is 5.65. The van der Waals surface area contributed by atoms with E-state index in [1.807, 2.05) is 13.8 Å². The summed E-state index contributed by atoms with van der Waals surface area (Å²) in [6.45, 7) is 5.60. The molecular formula is C22H27N3O5S2. The van der Waals surface area contributed by atoms with Gasteiger partial charge in [-0.2, -0.15) is 4.31 Å². The molecule has 1 saturated heterocycles. The number of morpholine rings is 1. The summed E-state index contributed by atoms with van der Waals surface area (Å²) in [5, 5.41) is 3.25. The van der Waals surface area contributed by atoms with Crippen molar-refractivity contribution in [2.75, 3.05) is 31.6 Å². The lowest BCUT2D eigenvalue weighted by Gasteiger charge is -2.26. The van der Waals surface area contributed by atoms with Crippen molar-refractivity contribution in [1.29, 1.82) is 0 Å². The van der Waals surface area contributed by atoms with E-state index in [0.717, 1.165) is 17.7 Å². The molecule has 0 bridgehead atoms. The van der Waals surface area contributed by atoms with E-state index in [0.29, 0.717) is 49.2 Å². The molecule has 1 aliphatic heterocycles. The molecule has 0 saturated carbocycles. The van der Waals surface area contributed by atoms with E-state index in [1.54, 1.807) is 24.3 Å². The summed E-state index contributed by atoms with van der Waals surface area (Å²) in [6, 6.07) is 6.65. The van der Waals surface area contributed by atoms with Crippen molar-refractivity contribution in [3.63, 3.8) is 0 Å². The standard InChI is InChI=1S/C22H27N3O5S2/c1-22(2)13-17-20(18(26)14-22)31-21(23-17)24-19(27)8-5-15-3-6-16(7-4-15)32(28,29)25-9-11-30-12-10-25/h3-4,6-7H,5,8-14H2,1-2H3,(H,23,24,27). The molecule has 1 fully saturated rings. The first-order chi connectivity index (χ1) is 15.1. The zero-order valence-corrected chi connectivity index (χ0v) is 19.9. The minimum Gasteiger partial charge on any atom is -0.379 e. The van der Waals surface area contributed by atoms with Crippen LogP contribution in [0.2, 0.25) is 0 Å². The summed E-state index contributed by atoms with van der Waals surface area (Å²) < 4.78 is 32.0. The first-order valence-corrected chi connectivity index (χ1v) is 12.9. The summed E-state index contributed by atoms with van der Waals surface area (Å²) in [5.41, 5.74) is 1.53. The van der Waals surface area contributed by atoms with Gasteiger partial charge in [0.1, 0.15) is 0 Å². The summed E-state index contributed by atoms with van der Waals surface area (Å²) in [4.78, 5) is 30.1. The van der Waals surface area contributed by atoms with Gasteiger partial charge >= 0.3 is 0 Å². The Bertz CT molecular complexity index is 1120. The van der Waals surface area contributed by atoms with Gasteiger partial charge in [-0.3, -0.25) is 9.59 Å². The monoisotopic (exact) mass is 477 g/mol. The number of Topliss-reactive ketones (excluding diaryl/α,β-unsaturated/α-hetero) is 1. The summed E-state index contributed by atoms with van der Waals surface area (Å²) in [6.07, 6.45) is 1.92. The summed E-state index contributed by atoms with van der Waals surface area (Å²) >= 11 is 1.24. The number of carbonyl (C=O) groups excluding carboxylic acids is 2. The van der Waals surface area contributed by atoms with Crippen LogP contribution in [-0.4, -0.2) is 55.7 Å². The van der Waals surface area contributed by atoms with E-state index in [-0.39, 0.29) is 28.4 Å². The minimum absolute atomic E-state index is 0.0846. The Hall–Kier alpha value is -2.14. The molecule has 8 nitrogen and oxygen atoms in total. The number of thiazole rings is 1. The SMILES string of the molecule is CC1(C)CC(=O)c2sc(NC(=O)CCc3ccc(S(=O)(=O)N4CCOCC4)cc3)nc2C1. The molecule has 4 rings (SSSR count). The highest BCUT2D eigenvalue weighted by atomic mass is 32.2. The van der Waals surface area contributed by atoms with Crippen LogP contribution in [-0.2, 0) is 32.4 Å². The third kappa shape index (κ3) is 5.09. The number of amides is 1. The van der Waals surface area contributed by atoms with Crippen molar-refractivity contribution in [2.45, 2.75) is 44.4 Å². The van der Waals surface area contributed by atoms with Crippen molar-refractivity contribution < 1.29 is 22.7 Å². The van der Waals surface area contributed by atoms with Gasteiger partial charge in [-0.25, -0.2) is 13.4 Å². The lowest BCUT2D eigenvalue weighted by Crippen LogP contribution is -2.40. The van der Waals surface area contributed by atoms with Crippen LogP contribution >= 0.6 is 11.3 Å². The lowest BCUT2D eigenvalue weighted by molar-refractivity contribution is -0.116. The van der Waals surface area contributed by atoms with Crippen LogP contribution in [0.3, 0.4) is 0 Å². The van der Waals surface area contributed by atoms with E-state index < -0.39 is 10.0 Å². The van der Waals surface area contributed by atoms with Crippen molar-refractivity contribution in [3.8, 4) is 0 Å². The van der Waals surface area contributed by atoms with Gasteiger partial charge in [-0.05, 0) is 36.0 Å². The second kappa shape index (κ2) is 9.01. The maximum atomic E-state index is 12.7. The molecule has 2 aliphatic rings. The number of hydrogen-bond donors (Lipinski definition) is 1. The van der Waals surface area contributed by atoms with E-state index in [9.17, 15) is 18.0 Å². The fraction of sp³-hybridized carbons (Fsp3) is 0.500. The predicted molar refractivity (Wildman–Crippen MR) is 122 cm³/mol. The maximum absolute atomic E-state index is 12.7. The summed E-state index contributed by atoms with van der Waals surface area (Å²) in [7, 11) is -3.53. The van der Waals surface area contributed by atoms with Crippen molar-refractivity contribution in [1.82, 2.24) is 9.29 Å². The van der Waals surface area contributed by atoms with Crippen LogP contribution in [0, 0.1) is 5.41 Å². The number of anilines is 1. The largest absolute Gasteiger partial charge is 0.379 e. The van der Waals surface area contributed by atoms with Gasteiger partial charge in [0.2, 0.25) is 15.9 Å². The van der Waals surface area contributed by atoms with E-state index in [1.165, 1.54) is 15.6 Å². The van der Waals surface area contributed by atoms with Gasteiger partial charge in [-0.15, -0.1) is 0 Å². The van der Waals surface area contributed by atoms with Crippen LogP contribution in [0.4, 0.5) is 5.13 Å². The molecule has 1 aliphatic carbocycles. The number of hydrogen-bond acceptors (Lipinski definition) is 7. The normalized spacial score (nSPS) is 18.9. The predicted octanol–water partition coefficient (Wildman–Crippen LogP) is 2.89. The van der Waals surface area contributed by atoms with Crippen LogP contribution in [0.25, 0.3) is 0 Å². The average molecular weight is 478 g/mol. The number of ketones is 1. The highest BCUT2D eigenvalue weighted by Gasteiger charge is 2.34. The van der Waals surface area contributed by atoms with Crippen molar-refractivity contribution in [3.05, 3.63) is 40.4 Å². The Balaban J connectivity index is 1.33. The minimum atomic E-state index is -3.53. The van der Waals surface area contributed by atoms with Gasteiger partial charge in [0.15, 0.2) is 10.9 Å². The molecule has 10 heteroatoms. The topological polar surface area (TPSA) is 106 Å². The number of carbonyl (C=O) groups is 2. The van der Waals surface area contributed by atoms with Gasteiger partial charge < -0.3 is 10.1 Å². The zero-order valence-electron chi connectivity index (χ0n) is 18.2. The molecule has 0 atom stereocenters. The Morgan fingerprint density at radius 2 is 1.88 bits per heavy atom. The molecule has 172 valence electrons. The number of aryl methyl sites for hydroxylation is 1. The van der Waals surface area contributed by atoms with Crippen molar-refractivity contribution >= 4 is 38.2 Å². The molecule has 0 spiro atoms. The molecule has 0 radical (unpaired) electrons. The van der Waals surface area contributed by atoms with Gasteiger partial charge in [-0.1, -0.05) is 37.3 Å². The zero-order chi connectivity index (χ0) is 22.9. The number of nitrogens with zero attached hydrogens (tertiary/aromatic N) is 2. The van der Waals surface area contributed by atoms with Gasteiger partial charge in [0, 0.05) is 25.9 Å². The molecule has 2 heterocycles. The van der Waals surface area contributed by atoms with Crippen LogP contribution in [0.5, 0.6) is 0 Å². The molecule has 1 amide bonds. The molecule has 0 unspecified atom stereocenters. The molecule has 2 aromatic rings. The molecule has 1 aromatic heterocycles. The first kappa shape index (κ1) is 23.0. The average Bonchev–Trinajstić information content (AvgIpc) is 3.14. The van der Waals surface area contributed by atoms with Crippen LogP contribution in [0.15, 0.2) is 29.2 Å². The Morgan fingerprint density at radius 3 is 2.56 bits per heavy atom. The van der Waals surface area contributed by atoms with Gasteiger partial charge in [0.25, 0.3) is 0 Å². The first-order valence-electron chi connectivity index (χ1n) is 10.6. The smallest absolute Gasteiger partial charge is 0.243 e. The molecule has 1 aromatic carbocycles. The number of ether oxygens (including phenoxy) is 1. The number of nitrogens with one attached hydrogen (secondary N) is 1. The number of fused-ring (bicyclic) bond motifs is 1. The highest BCUT2D eigenvalue weighted by Crippen LogP contribution is 2.38. The Morgan fingerprint density at radius 1 is 1.19 bits per heavy atom. The lowest BCUT2D eigenvalue weighted by atomic mass is 9.78. The molecular weight excluding hydrogens is 450 g/mol. The number of benzene rings is 1. The van der Waals surface area contributed by atoms with Crippen LogP contribution < -0.4 is 5.32 Å². The van der Waals surface area contributed by atoms with E-state index in [4.69, 9.17) is 4.74 Å². The Kier molecular flexibility index (Phi) is 6.49. The second-order valence-corrected chi connectivity index (χ2v) is 11.9. The third-order valence-corrected chi connectivity index (χ3v) is 8.62. The van der Waals surface area contributed by atoms with E-state index >= 15 is 0 Å². The van der Waals surface area contributed by atoms with Gasteiger partial charge in [0.05, 0.1) is 28.7 Å². The second-order valence-electron chi connectivity index (χ2n) is 8.94. The number of aromatic nitrogens is 1. The molecule has 1 N–H and O–H groups in total. The maximum Gasteiger partial charge on any atom is 0.243 e. The number of rotatable bonds is 6. The fourth-order valence-corrected chi connectivity index (χ4v) is 6.32. The van der Waals surface area contributed by atoms with Crippen molar-refractivity contribution in [2.24, 2.45) is 5.41 Å². The molecule has 32 heavy (non-hydrogen) atoms. The Labute approximate surface area is 192 Å². The fourth-order valence-electron chi connectivity index (χ4n) is 3.98. The highest BCUT2D eigenvalue weighted by molar-refractivity contribution is 7.89. The van der Waals surface area contributed by atoms with Crippen LogP contribution in [0.1, 0.15) is 47.6 Å². The van der Waals surface area contributed by atoms with E-state index in [2.05, 4.69) is 10.3 Å². The number of sulfonamides is 1. The quantitative estimate of drug-likeness (QED) is 0.686.